The van der Waals surface area contributed by atoms with Gasteiger partial charge in [0.15, 0.2) is 0 Å². The van der Waals surface area contributed by atoms with Gasteiger partial charge in [-0.05, 0) is 49.1 Å². The topological polar surface area (TPSA) is 57.7 Å². The van der Waals surface area contributed by atoms with Gasteiger partial charge in [0, 0.05) is 32.1 Å². The number of rotatable bonds is 7. The van der Waals surface area contributed by atoms with Crippen molar-refractivity contribution < 1.29 is 17.6 Å². The number of halogens is 1. The number of carbonyl (C=O) groups is 1. The third kappa shape index (κ3) is 5.22. The molecule has 156 valence electrons. The van der Waals surface area contributed by atoms with Crippen LogP contribution in [0.15, 0.2) is 59.5 Å². The second-order valence-corrected chi connectivity index (χ2v) is 9.32. The molecule has 1 saturated heterocycles. The predicted molar refractivity (Wildman–Crippen MR) is 110 cm³/mol. The standard InChI is InChI=1S/C22H27FN2O3S/c1-2-14-24(17-18-6-4-3-5-7-18)22(26)19-12-15-25(16-13-19)29(27,28)21-10-8-20(23)9-11-21/h3-11,19H,2,12-17H2,1H3. The molecule has 0 bridgehead atoms. The van der Waals surface area contributed by atoms with Crippen molar-refractivity contribution in [2.75, 3.05) is 19.6 Å². The summed E-state index contributed by atoms with van der Waals surface area (Å²) < 4.78 is 40.0. The Labute approximate surface area is 172 Å². The molecule has 7 heteroatoms. The quantitative estimate of drug-likeness (QED) is 0.689. The number of carbonyl (C=O) groups excluding carboxylic acids is 1. The SMILES string of the molecule is CCCN(Cc1ccccc1)C(=O)C1CCN(S(=O)(=O)c2ccc(F)cc2)CC1. The summed E-state index contributed by atoms with van der Waals surface area (Å²) in [7, 11) is -3.67. The van der Waals surface area contributed by atoms with E-state index in [4.69, 9.17) is 0 Å². The lowest BCUT2D eigenvalue weighted by atomic mass is 9.96. The first-order chi connectivity index (χ1) is 13.9. The van der Waals surface area contributed by atoms with E-state index in [2.05, 4.69) is 0 Å². The zero-order valence-electron chi connectivity index (χ0n) is 16.6. The highest BCUT2D eigenvalue weighted by Gasteiger charge is 2.33. The average molecular weight is 419 g/mol. The van der Waals surface area contributed by atoms with Crippen molar-refractivity contribution >= 4 is 15.9 Å². The Morgan fingerprint density at radius 2 is 1.69 bits per heavy atom. The smallest absolute Gasteiger partial charge is 0.243 e. The molecule has 1 aliphatic rings. The Balaban J connectivity index is 1.64. The van der Waals surface area contributed by atoms with Crippen LogP contribution in [-0.4, -0.2) is 43.2 Å². The molecule has 2 aromatic carbocycles. The minimum atomic E-state index is -3.67. The maximum Gasteiger partial charge on any atom is 0.243 e. The van der Waals surface area contributed by atoms with Gasteiger partial charge in [-0.1, -0.05) is 37.3 Å². The van der Waals surface area contributed by atoms with Gasteiger partial charge in [-0.3, -0.25) is 4.79 Å². The van der Waals surface area contributed by atoms with Crippen LogP contribution in [0.3, 0.4) is 0 Å². The lowest BCUT2D eigenvalue weighted by molar-refractivity contribution is -0.137. The van der Waals surface area contributed by atoms with E-state index in [1.54, 1.807) is 0 Å². The number of benzene rings is 2. The summed E-state index contributed by atoms with van der Waals surface area (Å²) in [6.07, 6.45) is 1.86. The molecule has 0 aliphatic carbocycles. The lowest BCUT2D eigenvalue weighted by Crippen LogP contribution is -2.44. The Morgan fingerprint density at radius 3 is 2.28 bits per heavy atom. The monoisotopic (exact) mass is 418 g/mol. The van der Waals surface area contributed by atoms with Gasteiger partial charge in [0.1, 0.15) is 5.82 Å². The molecule has 0 spiro atoms. The number of hydrogen-bond acceptors (Lipinski definition) is 3. The molecule has 1 heterocycles. The van der Waals surface area contributed by atoms with E-state index < -0.39 is 15.8 Å². The summed E-state index contributed by atoms with van der Waals surface area (Å²) in [5, 5.41) is 0. The van der Waals surface area contributed by atoms with Gasteiger partial charge in [-0.2, -0.15) is 4.31 Å². The summed E-state index contributed by atoms with van der Waals surface area (Å²) >= 11 is 0. The van der Waals surface area contributed by atoms with E-state index >= 15 is 0 Å². The summed E-state index contributed by atoms with van der Waals surface area (Å²) in [6, 6.07) is 14.8. The Morgan fingerprint density at radius 1 is 1.07 bits per heavy atom. The van der Waals surface area contributed by atoms with E-state index in [0.29, 0.717) is 39.0 Å². The van der Waals surface area contributed by atoms with Crippen LogP contribution in [0.1, 0.15) is 31.7 Å². The minimum Gasteiger partial charge on any atom is -0.338 e. The molecule has 0 atom stereocenters. The van der Waals surface area contributed by atoms with E-state index in [-0.39, 0.29) is 16.7 Å². The van der Waals surface area contributed by atoms with Gasteiger partial charge in [0.25, 0.3) is 0 Å². The molecule has 0 aromatic heterocycles. The number of nitrogens with zero attached hydrogens (tertiary/aromatic N) is 2. The summed E-state index contributed by atoms with van der Waals surface area (Å²) in [5.74, 6) is -0.554. The van der Waals surface area contributed by atoms with E-state index in [9.17, 15) is 17.6 Å². The summed E-state index contributed by atoms with van der Waals surface area (Å²) in [4.78, 5) is 15.0. The second kappa shape index (κ2) is 9.50. The molecule has 3 rings (SSSR count). The maximum atomic E-state index is 13.1. The molecule has 0 N–H and O–H groups in total. The van der Waals surface area contributed by atoms with Crippen molar-refractivity contribution in [1.29, 1.82) is 0 Å². The first-order valence-corrected chi connectivity index (χ1v) is 11.4. The Hall–Kier alpha value is -2.25. The fourth-order valence-electron chi connectivity index (χ4n) is 3.70. The van der Waals surface area contributed by atoms with Crippen LogP contribution < -0.4 is 0 Å². The lowest BCUT2D eigenvalue weighted by Gasteiger charge is -2.33. The summed E-state index contributed by atoms with van der Waals surface area (Å²) in [5.41, 5.74) is 1.09. The van der Waals surface area contributed by atoms with Crippen molar-refractivity contribution in [2.24, 2.45) is 5.92 Å². The largest absolute Gasteiger partial charge is 0.338 e. The fraction of sp³-hybridized carbons (Fsp3) is 0.409. The van der Waals surface area contributed by atoms with Crippen molar-refractivity contribution in [3.8, 4) is 0 Å². The number of sulfonamides is 1. The van der Waals surface area contributed by atoms with Gasteiger partial charge in [0.05, 0.1) is 4.90 Å². The molecule has 0 radical (unpaired) electrons. The molecule has 2 aromatic rings. The van der Waals surface area contributed by atoms with Crippen LogP contribution in [0.5, 0.6) is 0 Å². The molecule has 0 unspecified atom stereocenters. The van der Waals surface area contributed by atoms with E-state index in [1.165, 1.54) is 16.4 Å². The normalized spacial score (nSPS) is 15.9. The zero-order chi connectivity index (χ0) is 20.9. The highest BCUT2D eigenvalue weighted by Crippen LogP contribution is 2.26. The van der Waals surface area contributed by atoms with Crippen LogP contribution >= 0.6 is 0 Å². The molecule has 0 saturated carbocycles. The van der Waals surface area contributed by atoms with Crippen molar-refractivity contribution in [3.05, 3.63) is 66.0 Å². The van der Waals surface area contributed by atoms with Crippen LogP contribution in [-0.2, 0) is 21.4 Å². The van der Waals surface area contributed by atoms with Gasteiger partial charge in [0.2, 0.25) is 15.9 Å². The molecule has 1 amide bonds. The first-order valence-electron chi connectivity index (χ1n) is 10.00. The third-order valence-corrected chi connectivity index (χ3v) is 7.19. The minimum absolute atomic E-state index is 0.0837. The Bertz CT molecular complexity index is 909. The number of amides is 1. The van der Waals surface area contributed by atoms with Crippen LogP contribution in [0, 0.1) is 11.7 Å². The predicted octanol–water partition coefficient (Wildman–Crippen LogP) is 3.67. The molecule has 1 aliphatic heterocycles. The molecule has 29 heavy (non-hydrogen) atoms. The highest BCUT2D eigenvalue weighted by molar-refractivity contribution is 7.89. The van der Waals surface area contributed by atoms with Crippen LogP contribution in [0.25, 0.3) is 0 Å². The van der Waals surface area contributed by atoms with Crippen molar-refractivity contribution in [1.82, 2.24) is 9.21 Å². The summed E-state index contributed by atoms with van der Waals surface area (Å²) in [6.45, 7) is 3.88. The molecular weight excluding hydrogens is 391 g/mol. The molecule has 5 nitrogen and oxygen atoms in total. The van der Waals surface area contributed by atoms with Gasteiger partial charge >= 0.3 is 0 Å². The van der Waals surface area contributed by atoms with Gasteiger partial charge in [-0.15, -0.1) is 0 Å². The molecule has 1 fully saturated rings. The fourth-order valence-corrected chi connectivity index (χ4v) is 5.17. The zero-order valence-corrected chi connectivity index (χ0v) is 17.4. The first kappa shape index (κ1) is 21.5. The highest BCUT2D eigenvalue weighted by atomic mass is 32.2. The van der Waals surface area contributed by atoms with Crippen LogP contribution in [0.2, 0.25) is 0 Å². The average Bonchev–Trinajstić information content (AvgIpc) is 2.74. The van der Waals surface area contributed by atoms with E-state index in [1.807, 2.05) is 42.2 Å². The van der Waals surface area contributed by atoms with Crippen molar-refractivity contribution in [3.63, 3.8) is 0 Å². The number of hydrogen-bond donors (Lipinski definition) is 0. The number of piperidine rings is 1. The molecular formula is C22H27FN2O3S. The third-order valence-electron chi connectivity index (χ3n) is 5.28. The van der Waals surface area contributed by atoms with Crippen molar-refractivity contribution in [2.45, 2.75) is 37.6 Å². The maximum absolute atomic E-state index is 13.1. The van der Waals surface area contributed by atoms with Crippen LogP contribution in [0.4, 0.5) is 4.39 Å². The van der Waals surface area contributed by atoms with Gasteiger partial charge in [-0.25, -0.2) is 12.8 Å². The second-order valence-electron chi connectivity index (χ2n) is 7.38. The Kier molecular flexibility index (Phi) is 7.03. The van der Waals surface area contributed by atoms with Gasteiger partial charge < -0.3 is 4.90 Å². The van der Waals surface area contributed by atoms with E-state index in [0.717, 1.165) is 24.1 Å².